The fraction of sp³-hybridized carbons (Fsp3) is 0.103. The number of hydrogen-bond donors (Lipinski definition) is 0. The van der Waals surface area contributed by atoms with Crippen LogP contribution in [0, 0.1) is 0 Å². The van der Waals surface area contributed by atoms with Crippen LogP contribution in [0.2, 0.25) is 0 Å². The summed E-state index contributed by atoms with van der Waals surface area (Å²) in [4.78, 5) is 0. The molecule has 0 radical (unpaired) electrons. The van der Waals surface area contributed by atoms with Gasteiger partial charge in [0.05, 0.1) is 5.52 Å². The van der Waals surface area contributed by atoms with Crippen molar-refractivity contribution in [3.05, 3.63) is 102 Å². The van der Waals surface area contributed by atoms with Gasteiger partial charge in [-0.15, -0.1) is 0 Å². The van der Waals surface area contributed by atoms with Gasteiger partial charge in [-0.05, 0) is 45.3 Å². The summed E-state index contributed by atoms with van der Waals surface area (Å²) in [6.45, 7) is 5.12. The van der Waals surface area contributed by atoms with E-state index < -0.39 is 0 Å². The molecule has 0 fully saturated rings. The minimum Gasteiger partial charge on any atom is -0.310 e. The fourth-order valence-corrected chi connectivity index (χ4v) is 6.88. The number of hydrogen-bond acceptors (Lipinski definition) is 0. The first-order valence-electron chi connectivity index (χ1n) is 11.2. The van der Waals surface area contributed by atoms with Crippen LogP contribution in [0.1, 0.15) is 30.5 Å². The lowest BCUT2D eigenvalue weighted by Gasteiger charge is -2.28. The van der Waals surface area contributed by atoms with E-state index in [9.17, 15) is 0 Å². The highest BCUT2D eigenvalue weighted by Crippen LogP contribution is 2.55. The lowest BCUT2D eigenvalue weighted by molar-refractivity contribution is 0.704. The summed E-state index contributed by atoms with van der Waals surface area (Å²) in [6, 6.07) is 31.8. The van der Waals surface area contributed by atoms with E-state index in [2.05, 4.69) is 103 Å². The second-order valence-electron chi connectivity index (χ2n) is 9.73. The second-order valence-corrected chi connectivity index (χ2v) is 9.73. The molecule has 3 aliphatic rings. The van der Waals surface area contributed by atoms with Crippen molar-refractivity contribution < 1.29 is 0 Å². The lowest BCUT2D eigenvalue weighted by Crippen LogP contribution is -2.47. The third-order valence-corrected chi connectivity index (χ3v) is 8.00. The van der Waals surface area contributed by atoms with Gasteiger partial charge in [0.15, 0.2) is 0 Å². The molecule has 0 atom stereocenters. The van der Waals surface area contributed by atoms with Crippen LogP contribution in [0.3, 0.4) is 0 Å². The van der Waals surface area contributed by atoms with Gasteiger partial charge in [0.2, 0.25) is 6.71 Å². The predicted octanol–water partition coefficient (Wildman–Crippen LogP) is 5.46. The third-order valence-electron chi connectivity index (χ3n) is 8.00. The highest BCUT2D eigenvalue weighted by molar-refractivity contribution is 7.05. The quantitative estimate of drug-likeness (QED) is 0.308. The predicted molar refractivity (Wildman–Crippen MR) is 132 cm³/mol. The second kappa shape index (κ2) is 5.03. The van der Waals surface area contributed by atoms with E-state index in [0.29, 0.717) is 6.71 Å². The molecule has 144 valence electrons. The maximum Gasteiger partial charge on any atom is 0.248 e. The zero-order valence-electron chi connectivity index (χ0n) is 17.6. The van der Waals surface area contributed by atoms with Gasteiger partial charge in [0, 0.05) is 27.4 Å². The highest BCUT2D eigenvalue weighted by atomic mass is 15.0. The number of rotatable bonds is 0. The van der Waals surface area contributed by atoms with Crippen molar-refractivity contribution in [2.24, 2.45) is 0 Å². The van der Waals surface area contributed by atoms with E-state index in [1.54, 1.807) is 0 Å². The van der Waals surface area contributed by atoms with Crippen molar-refractivity contribution in [3.63, 3.8) is 0 Å². The highest BCUT2D eigenvalue weighted by Gasteiger charge is 2.50. The largest absolute Gasteiger partial charge is 0.310 e. The van der Waals surface area contributed by atoms with E-state index in [-0.39, 0.29) is 5.41 Å². The first-order valence-corrected chi connectivity index (χ1v) is 11.2. The molecule has 1 nitrogen and oxygen atoms in total. The summed E-state index contributed by atoms with van der Waals surface area (Å²) >= 11 is 0. The van der Waals surface area contributed by atoms with E-state index in [1.165, 1.54) is 66.2 Å². The van der Waals surface area contributed by atoms with Gasteiger partial charge in [0.1, 0.15) is 0 Å². The molecule has 0 unspecified atom stereocenters. The monoisotopic (exact) mass is 393 g/mol. The fourth-order valence-electron chi connectivity index (χ4n) is 6.88. The summed E-state index contributed by atoms with van der Waals surface area (Å²) in [7, 11) is 0. The Morgan fingerprint density at radius 1 is 0.710 bits per heavy atom. The number of benzene rings is 4. The SMILES string of the molecule is CC1(C)C2=C(B3c4ccccc4-n4c5ccccc5c5ccc2c3c54)c2ccccc21. The molecule has 0 saturated heterocycles. The van der Waals surface area contributed by atoms with Crippen LogP contribution in [0.25, 0.3) is 38.5 Å². The van der Waals surface area contributed by atoms with Crippen LogP contribution in [-0.2, 0) is 5.41 Å². The Kier molecular flexibility index (Phi) is 2.63. The van der Waals surface area contributed by atoms with E-state index >= 15 is 0 Å². The number of fused-ring (bicyclic) bond motifs is 10. The van der Waals surface area contributed by atoms with Gasteiger partial charge in [-0.25, -0.2) is 0 Å². The molecule has 0 N–H and O–H groups in total. The minimum atomic E-state index is 0.0131. The van der Waals surface area contributed by atoms with Crippen molar-refractivity contribution in [1.82, 2.24) is 4.57 Å². The van der Waals surface area contributed by atoms with Crippen molar-refractivity contribution in [2.75, 3.05) is 0 Å². The van der Waals surface area contributed by atoms with Crippen LogP contribution < -0.4 is 10.9 Å². The molecular formula is C29H20BN. The molecule has 1 aliphatic carbocycles. The normalized spacial score (nSPS) is 16.8. The Labute approximate surface area is 181 Å². The van der Waals surface area contributed by atoms with Crippen LogP contribution in [0.5, 0.6) is 0 Å². The lowest BCUT2D eigenvalue weighted by atomic mass is 9.36. The Morgan fingerprint density at radius 2 is 1.48 bits per heavy atom. The summed E-state index contributed by atoms with van der Waals surface area (Å²) < 4.78 is 2.52. The summed E-state index contributed by atoms with van der Waals surface area (Å²) in [5, 5.41) is 2.73. The number of allylic oxidation sites excluding steroid dienone is 1. The average molecular weight is 393 g/mol. The van der Waals surface area contributed by atoms with E-state index in [4.69, 9.17) is 0 Å². The molecule has 3 heterocycles. The van der Waals surface area contributed by atoms with Crippen LogP contribution in [0.4, 0.5) is 0 Å². The zero-order valence-corrected chi connectivity index (χ0v) is 17.6. The molecule has 4 aromatic carbocycles. The van der Waals surface area contributed by atoms with Crippen LogP contribution in [-0.4, -0.2) is 11.3 Å². The molecule has 31 heavy (non-hydrogen) atoms. The van der Waals surface area contributed by atoms with Crippen molar-refractivity contribution >= 4 is 50.5 Å². The van der Waals surface area contributed by atoms with Gasteiger partial charge < -0.3 is 4.57 Å². The number of aromatic nitrogens is 1. The molecule has 5 aromatic rings. The maximum absolute atomic E-state index is 2.52. The Morgan fingerprint density at radius 3 is 2.42 bits per heavy atom. The van der Waals surface area contributed by atoms with Gasteiger partial charge in [-0.1, -0.05) is 92.1 Å². The van der Waals surface area contributed by atoms with Gasteiger partial charge >= 0.3 is 0 Å². The Bertz CT molecular complexity index is 1660. The molecular weight excluding hydrogens is 373 g/mol. The summed E-state index contributed by atoms with van der Waals surface area (Å²) in [5.74, 6) is 0. The average Bonchev–Trinajstić information content (AvgIpc) is 3.40. The molecule has 0 saturated carbocycles. The standard InChI is InChI=1S/C29H20BN/c1-29(2)21-11-5-3-10-19(21)26-25(29)20-16-15-18-17-9-4-7-13-23(17)31-24-14-8-6-12-22(24)30(26)27(20)28(18)31/h3-16H,1-2H3. The Hall–Kier alpha value is -3.52. The summed E-state index contributed by atoms with van der Waals surface area (Å²) in [5.41, 5.74) is 14.4. The van der Waals surface area contributed by atoms with E-state index in [1.807, 2.05) is 0 Å². The molecule has 2 aliphatic heterocycles. The molecule has 0 bridgehead atoms. The third kappa shape index (κ3) is 1.64. The topological polar surface area (TPSA) is 4.93 Å². The van der Waals surface area contributed by atoms with Gasteiger partial charge in [-0.3, -0.25) is 0 Å². The molecule has 1 aromatic heterocycles. The van der Waals surface area contributed by atoms with Crippen molar-refractivity contribution in [3.8, 4) is 5.69 Å². The first kappa shape index (κ1) is 16.2. The van der Waals surface area contributed by atoms with Gasteiger partial charge in [0.25, 0.3) is 0 Å². The molecule has 2 heteroatoms. The summed E-state index contributed by atoms with van der Waals surface area (Å²) in [6.07, 6.45) is 0. The number of nitrogens with zero attached hydrogens (tertiary/aromatic N) is 1. The van der Waals surface area contributed by atoms with Crippen LogP contribution in [0.15, 0.2) is 84.9 Å². The minimum absolute atomic E-state index is 0.0131. The zero-order chi connectivity index (χ0) is 20.5. The van der Waals surface area contributed by atoms with Gasteiger partial charge in [-0.2, -0.15) is 0 Å². The molecule has 0 amide bonds. The van der Waals surface area contributed by atoms with E-state index in [0.717, 1.165) is 0 Å². The molecule has 8 rings (SSSR count). The van der Waals surface area contributed by atoms with Crippen molar-refractivity contribution in [2.45, 2.75) is 19.3 Å². The smallest absolute Gasteiger partial charge is 0.248 e. The number of para-hydroxylation sites is 2. The van der Waals surface area contributed by atoms with Crippen molar-refractivity contribution in [1.29, 1.82) is 0 Å². The Balaban J connectivity index is 1.62. The maximum atomic E-state index is 2.52. The van der Waals surface area contributed by atoms with Crippen LogP contribution >= 0.6 is 0 Å². The first-order chi connectivity index (χ1) is 15.2. The molecule has 0 spiro atoms.